The topological polar surface area (TPSA) is 101 Å². The van der Waals surface area contributed by atoms with Gasteiger partial charge in [-0.1, -0.05) is 19.0 Å². The van der Waals surface area contributed by atoms with Crippen molar-refractivity contribution in [3.8, 4) is 0 Å². The molecule has 1 unspecified atom stereocenters. The minimum atomic E-state index is -1.17. The van der Waals surface area contributed by atoms with Crippen LogP contribution in [0.5, 0.6) is 0 Å². The van der Waals surface area contributed by atoms with E-state index in [0.29, 0.717) is 35.2 Å². The number of amides is 3. The smallest absolute Gasteiger partial charge is 0.325 e. The number of aromatic nitrogens is 2. The number of carbonyl (C=O) groups excluding carboxylic acids is 2. The summed E-state index contributed by atoms with van der Waals surface area (Å²) in [7, 11) is 0. The third-order valence-corrected chi connectivity index (χ3v) is 4.60. The molecule has 1 aliphatic rings. The first-order valence-electron chi connectivity index (χ1n) is 8.73. The summed E-state index contributed by atoms with van der Waals surface area (Å²) in [6.45, 7) is 9.44. The van der Waals surface area contributed by atoms with Crippen LogP contribution in [-0.2, 0) is 23.3 Å². The van der Waals surface area contributed by atoms with Gasteiger partial charge in [-0.25, -0.2) is 4.79 Å². The zero-order chi connectivity index (χ0) is 19.1. The fraction of sp³-hybridized carbons (Fsp3) is 0.556. The number of urea groups is 1. The van der Waals surface area contributed by atoms with Crippen molar-refractivity contribution >= 4 is 11.9 Å². The number of nitrogens with one attached hydrogen (secondary N) is 1. The molecular formula is C18H24N4O4. The average Bonchev–Trinajstić information content (AvgIpc) is 3.20. The van der Waals surface area contributed by atoms with Crippen LogP contribution in [0.15, 0.2) is 15.0 Å². The van der Waals surface area contributed by atoms with Gasteiger partial charge in [-0.05, 0) is 39.2 Å². The first-order valence-corrected chi connectivity index (χ1v) is 8.73. The Labute approximate surface area is 151 Å². The van der Waals surface area contributed by atoms with Crippen LogP contribution in [0.2, 0.25) is 0 Å². The van der Waals surface area contributed by atoms with Gasteiger partial charge in [0.15, 0.2) is 5.82 Å². The van der Waals surface area contributed by atoms with Crippen molar-refractivity contribution in [1.29, 1.82) is 0 Å². The minimum absolute atomic E-state index is 0.0508. The van der Waals surface area contributed by atoms with Crippen molar-refractivity contribution in [2.45, 2.75) is 59.5 Å². The van der Waals surface area contributed by atoms with E-state index >= 15 is 0 Å². The third-order valence-electron chi connectivity index (χ3n) is 4.60. The number of nitrogens with zero attached hydrogens (tertiary/aromatic N) is 3. The molecule has 1 N–H and O–H groups in total. The Kier molecular flexibility index (Phi) is 4.60. The molecule has 1 atom stereocenters. The summed E-state index contributed by atoms with van der Waals surface area (Å²) in [5, 5.41) is 6.68. The van der Waals surface area contributed by atoms with E-state index in [1.807, 2.05) is 0 Å². The van der Waals surface area contributed by atoms with Gasteiger partial charge in [0, 0.05) is 12.0 Å². The molecule has 1 aliphatic heterocycles. The molecule has 0 saturated carbocycles. The molecule has 8 heteroatoms. The summed E-state index contributed by atoms with van der Waals surface area (Å²) >= 11 is 0. The van der Waals surface area contributed by atoms with E-state index in [9.17, 15) is 9.59 Å². The molecule has 26 heavy (non-hydrogen) atoms. The van der Waals surface area contributed by atoms with Crippen LogP contribution in [0.3, 0.4) is 0 Å². The molecule has 2 aromatic rings. The van der Waals surface area contributed by atoms with Crippen molar-refractivity contribution < 1.29 is 18.5 Å². The molecular weight excluding hydrogens is 336 g/mol. The number of aryl methyl sites for hydroxylation is 3. The van der Waals surface area contributed by atoms with Gasteiger partial charge in [-0.3, -0.25) is 9.69 Å². The van der Waals surface area contributed by atoms with Crippen molar-refractivity contribution in [3.05, 3.63) is 34.9 Å². The van der Waals surface area contributed by atoms with E-state index in [4.69, 9.17) is 8.94 Å². The molecule has 0 radical (unpaired) electrons. The van der Waals surface area contributed by atoms with Crippen LogP contribution >= 0.6 is 0 Å². The van der Waals surface area contributed by atoms with Gasteiger partial charge in [-0.2, -0.15) is 4.98 Å². The van der Waals surface area contributed by atoms with Gasteiger partial charge >= 0.3 is 6.03 Å². The summed E-state index contributed by atoms with van der Waals surface area (Å²) in [6.07, 6.45) is 1.64. The predicted molar refractivity (Wildman–Crippen MR) is 92.1 cm³/mol. The van der Waals surface area contributed by atoms with Crippen LogP contribution < -0.4 is 5.32 Å². The highest BCUT2D eigenvalue weighted by Crippen LogP contribution is 2.33. The average molecular weight is 360 g/mol. The Morgan fingerprint density at radius 1 is 1.31 bits per heavy atom. The summed E-state index contributed by atoms with van der Waals surface area (Å²) < 4.78 is 10.7. The van der Waals surface area contributed by atoms with E-state index < -0.39 is 11.6 Å². The van der Waals surface area contributed by atoms with Gasteiger partial charge in [0.2, 0.25) is 5.89 Å². The summed E-state index contributed by atoms with van der Waals surface area (Å²) in [5.74, 6) is 2.29. The van der Waals surface area contributed by atoms with Crippen molar-refractivity contribution in [3.63, 3.8) is 0 Å². The lowest BCUT2D eigenvalue weighted by atomic mass is 9.92. The molecule has 3 rings (SSSR count). The maximum atomic E-state index is 12.9. The Morgan fingerprint density at radius 3 is 2.65 bits per heavy atom. The van der Waals surface area contributed by atoms with Gasteiger partial charge in [0.25, 0.3) is 5.91 Å². The lowest BCUT2D eigenvalue weighted by Crippen LogP contribution is -2.41. The van der Waals surface area contributed by atoms with Crippen LogP contribution in [-0.4, -0.2) is 27.0 Å². The second-order valence-electron chi connectivity index (χ2n) is 7.31. The highest BCUT2D eigenvalue weighted by Gasteiger charge is 2.51. The van der Waals surface area contributed by atoms with Crippen LogP contribution in [0.1, 0.15) is 56.0 Å². The first-order chi connectivity index (χ1) is 12.2. The first kappa shape index (κ1) is 18.2. The maximum Gasteiger partial charge on any atom is 0.325 e. The molecule has 8 nitrogen and oxygen atoms in total. The van der Waals surface area contributed by atoms with E-state index in [1.165, 1.54) is 0 Å². The number of furan rings is 1. The predicted octanol–water partition coefficient (Wildman–Crippen LogP) is 2.84. The van der Waals surface area contributed by atoms with Crippen LogP contribution in [0, 0.1) is 19.8 Å². The molecule has 0 aliphatic carbocycles. The maximum absolute atomic E-state index is 12.9. The highest BCUT2D eigenvalue weighted by atomic mass is 16.5. The van der Waals surface area contributed by atoms with E-state index in [0.717, 1.165) is 11.3 Å². The Morgan fingerprint density at radius 2 is 2.04 bits per heavy atom. The third kappa shape index (κ3) is 3.23. The molecule has 2 aromatic heterocycles. The quantitative estimate of drug-likeness (QED) is 0.795. The number of hydrogen-bond acceptors (Lipinski definition) is 6. The second-order valence-corrected chi connectivity index (χ2v) is 7.31. The highest BCUT2D eigenvalue weighted by molar-refractivity contribution is 6.07. The lowest BCUT2D eigenvalue weighted by Gasteiger charge is -2.20. The Hall–Kier alpha value is -2.64. The van der Waals surface area contributed by atoms with Gasteiger partial charge in [-0.15, -0.1) is 0 Å². The molecule has 1 fully saturated rings. The van der Waals surface area contributed by atoms with Crippen molar-refractivity contribution in [2.75, 3.05) is 0 Å². The number of hydrogen-bond donors (Lipinski definition) is 1. The van der Waals surface area contributed by atoms with Crippen LogP contribution in [0.4, 0.5) is 4.79 Å². The molecule has 3 heterocycles. The minimum Gasteiger partial charge on any atom is -0.466 e. The lowest BCUT2D eigenvalue weighted by molar-refractivity contribution is -0.131. The van der Waals surface area contributed by atoms with E-state index in [-0.39, 0.29) is 18.3 Å². The zero-order valence-corrected chi connectivity index (χ0v) is 15.8. The molecule has 3 amide bonds. The Balaban J connectivity index is 1.76. The number of imide groups is 1. The van der Waals surface area contributed by atoms with Gasteiger partial charge in [0.1, 0.15) is 23.6 Å². The fourth-order valence-corrected chi connectivity index (χ4v) is 3.16. The second kappa shape index (κ2) is 6.59. The fourth-order valence-electron chi connectivity index (χ4n) is 3.16. The monoisotopic (exact) mass is 360 g/mol. The van der Waals surface area contributed by atoms with Gasteiger partial charge in [0.05, 0.1) is 0 Å². The number of carbonyl (C=O) groups is 2. The number of rotatable bonds is 6. The summed E-state index contributed by atoms with van der Waals surface area (Å²) in [4.78, 5) is 30.7. The molecule has 1 saturated heterocycles. The van der Waals surface area contributed by atoms with E-state index in [2.05, 4.69) is 29.3 Å². The molecule has 0 aromatic carbocycles. The molecule has 140 valence electrons. The summed E-state index contributed by atoms with van der Waals surface area (Å²) in [6, 6.07) is 1.28. The van der Waals surface area contributed by atoms with Crippen LogP contribution in [0.25, 0.3) is 0 Å². The largest absolute Gasteiger partial charge is 0.466 e. The molecule has 0 spiro atoms. The van der Waals surface area contributed by atoms with Gasteiger partial charge < -0.3 is 14.3 Å². The SMILES string of the molecule is Cc1cc(C2(C)NC(=O)N(Cc3nc(CCC(C)C)no3)C2=O)c(C)o1. The zero-order valence-electron chi connectivity index (χ0n) is 15.8. The van der Waals surface area contributed by atoms with Crippen molar-refractivity contribution in [1.82, 2.24) is 20.4 Å². The molecule has 0 bridgehead atoms. The van der Waals surface area contributed by atoms with Crippen molar-refractivity contribution in [2.24, 2.45) is 5.92 Å². The van der Waals surface area contributed by atoms with E-state index in [1.54, 1.807) is 26.8 Å². The summed E-state index contributed by atoms with van der Waals surface area (Å²) in [5.41, 5.74) is -0.515. The standard InChI is InChI=1S/C18H24N4O4/c1-10(2)6-7-14-19-15(26-21-14)9-22-16(23)18(5,20-17(22)24)13-8-11(3)25-12(13)4/h8,10H,6-7,9H2,1-5H3,(H,20,24). The Bertz CT molecular complexity index is 838. The normalized spacial score (nSPS) is 20.3.